The highest BCUT2D eigenvalue weighted by molar-refractivity contribution is 6.54. The van der Waals surface area contributed by atoms with Gasteiger partial charge in [-0.05, 0) is 35.4 Å². The molecule has 1 amide bonds. The van der Waals surface area contributed by atoms with Crippen LogP contribution in [-0.2, 0) is 11.3 Å². The quantitative estimate of drug-likeness (QED) is 0.509. The summed E-state index contributed by atoms with van der Waals surface area (Å²) in [5.74, 6) is 1.24. The number of nitrogens with zero attached hydrogens (tertiary/aromatic N) is 3. The summed E-state index contributed by atoms with van der Waals surface area (Å²) in [6.07, 6.45) is 1.60. The Morgan fingerprint density at radius 1 is 0.931 bits per heavy atom. The van der Waals surface area contributed by atoms with E-state index in [4.69, 9.17) is 9.47 Å². The highest BCUT2D eigenvalue weighted by Crippen LogP contribution is 2.32. The van der Waals surface area contributed by atoms with Gasteiger partial charge in [0.05, 0.1) is 18.4 Å². The Balaban J connectivity index is 1.43. The van der Waals surface area contributed by atoms with Gasteiger partial charge in [-0.2, -0.15) is 5.10 Å². The van der Waals surface area contributed by atoms with Gasteiger partial charge in [-0.25, -0.2) is 0 Å². The third-order valence-corrected chi connectivity index (χ3v) is 4.84. The molecule has 0 bridgehead atoms. The average molecular weight is 383 g/mol. The van der Waals surface area contributed by atoms with Crippen molar-refractivity contribution in [3.63, 3.8) is 0 Å². The van der Waals surface area contributed by atoms with E-state index in [9.17, 15) is 4.79 Å². The smallest absolute Gasteiger partial charge is 0.279 e. The van der Waals surface area contributed by atoms with Gasteiger partial charge in [0.25, 0.3) is 5.91 Å². The number of hydrogen-bond donors (Lipinski definition) is 0. The molecule has 0 aliphatic carbocycles. The van der Waals surface area contributed by atoms with E-state index in [2.05, 4.69) is 10.2 Å². The zero-order valence-electron chi connectivity index (χ0n) is 15.5. The van der Waals surface area contributed by atoms with Gasteiger partial charge in [-0.3, -0.25) is 4.79 Å². The highest BCUT2D eigenvalue weighted by Gasteiger charge is 2.33. The van der Waals surface area contributed by atoms with Crippen LogP contribution >= 0.6 is 0 Å². The third-order valence-electron chi connectivity index (χ3n) is 4.84. The first kappa shape index (κ1) is 17.2. The molecule has 2 aliphatic heterocycles. The first-order chi connectivity index (χ1) is 14.3. The normalized spacial score (nSPS) is 16.1. The standard InChI is InChI=1S/C23H17N3O3/c27-23-22(25-24-13-17-10-11-20-21(12-17)29-15-28-20)18-8-4-5-9-19(18)26(23)14-16-6-2-1-3-7-16/h1-13H,14-15H2/b24-13-,25-22+. The minimum Gasteiger partial charge on any atom is -0.454 e. The molecule has 0 unspecified atom stereocenters. The van der Waals surface area contributed by atoms with Crippen LogP contribution < -0.4 is 14.4 Å². The van der Waals surface area contributed by atoms with Crippen LogP contribution in [0.3, 0.4) is 0 Å². The number of ether oxygens (including phenoxy) is 2. The van der Waals surface area contributed by atoms with Crippen LogP contribution in [0.15, 0.2) is 83.0 Å². The zero-order chi connectivity index (χ0) is 19.6. The molecule has 0 saturated heterocycles. The molecule has 6 heteroatoms. The van der Waals surface area contributed by atoms with Crippen molar-refractivity contribution in [1.82, 2.24) is 0 Å². The first-order valence-electron chi connectivity index (χ1n) is 9.25. The molecule has 0 saturated carbocycles. The zero-order valence-corrected chi connectivity index (χ0v) is 15.5. The minimum absolute atomic E-state index is 0.155. The summed E-state index contributed by atoms with van der Waals surface area (Å²) in [4.78, 5) is 14.8. The summed E-state index contributed by atoms with van der Waals surface area (Å²) >= 11 is 0. The predicted octanol–water partition coefficient (Wildman–Crippen LogP) is 3.79. The molecule has 0 aromatic heterocycles. The van der Waals surface area contributed by atoms with Gasteiger partial charge in [0.15, 0.2) is 17.2 Å². The van der Waals surface area contributed by atoms with Crippen LogP contribution in [0.2, 0.25) is 0 Å². The molecule has 0 radical (unpaired) electrons. The van der Waals surface area contributed by atoms with Crippen LogP contribution in [0.5, 0.6) is 11.5 Å². The second kappa shape index (κ2) is 7.24. The summed E-state index contributed by atoms with van der Waals surface area (Å²) in [5.41, 5.74) is 3.85. The van der Waals surface area contributed by atoms with Crippen molar-refractivity contribution in [2.45, 2.75) is 6.54 Å². The number of hydrogen-bond acceptors (Lipinski definition) is 5. The Morgan fingerprint density at radius 3 is 2.62 bits per heavy atom. The van der Waals surface area contributed by atoms with Crippen molar-refractivity contribution in [3.8, 4) is 11.5 Å². The van der Waals surface area contributed by atoms with E-state index in [0.717, 1.165) is 22.4 Å². The lowest BCUT2D eigenvalue weighted by Gasteiger charge is -2.16. The Labute approximate surface area is 167 Å². The number of benzene rings is 3. The lowest BCUT2D eigenvalue weighted by Crippen LogP contribution is -2.29. The SMILES string of the molecule is O=C1/C(=N/N=C\c2ccc3c(c2)OCO3)c2ccccc2N1Cc1ccccc1. The Kier molecular flexibility index (Phi) is 4.29. The molecular weight excluding hydrogens is 366 g/mol. The average Bonchev–Trinajstić information content (AvgIpc) is 3.33. The molecular formula is C23H17N3O3. The first-order valence-corrected chi connectivity index (χ1v) is 9.25. The molecule has 5 rings (SSSR count). The maximum atomic E-state index is 13.0. The fourth-order valence-electron chi connectivity index (χ4n) is 3.43. The van der Waals surface area contributed by atoms with E-state index in [-0.39, 0.29) is 12.7 Å². The fourth-order valence-corrected chi connectivity index (χ4v) is 3.43. The third kappa shape index (κ3) is 3.25. The number of carbonyl (C=O) groups excluding carboxylic acids is 1. The molecule has 2 heterocycles. The fraction of sp³-hybridized carbons (Fsp3) is 0.0870. The van der Waals surface area contributed by atoms with Crippen molar-refractivity contribution < 1.29 is 14.3 Å². The van der Waals surface area contributed by atoms with E-state index < -0.39 is 0 Å². The van der Waals surface area contributed by atoms with Crippen LogP contribution in [-0.4, -0.2) is 24.6 Å². The van der Waals surface area contributed by atoms with E-state index in [0.29, 0.717) is 23.8 Å². The molecule has 2 aliphatic rings. The molecule has 142 valence electrons. The molecule has 0 N–H and O–H groups in total. The van der Waals surface area contributed by atoms with Gasteiger partial charge in [-0.15, -0.1) is 5.10 Å². The maximum Gasteiger partial charge on any atom is 0.279 e. The summed E-state index contributed by atoms with van der Waals surface area (Å²) in [6.45, 7) is 0.711. The van der Waals surface area contributed by atoms with Crippen molar-refractivity contribution in [1.29, 1.82) is 0 Å². The Hall–Kier alpha value is -3.93. The molecule has 29 heavy (non-hydrogen) atoms. The number of carbonyl (C=O) groups is 1. The van der Waals surface area contributed by atoms with Gasteiger partial charge in [0, 0.05) is 5.56 Å². The lowest BCUT2D eigenvalue weighted by molar-refractivity contribution is -0.112. The highest BCUT2D eigenvalue weighted by atomic mass is 16.7. The summed E-state index contributed by atoms with van der Waals surface area (Å²) in [5, 5.41) is 8.41. The van der Waals surface area contributed by atoms with Crippen molar-refractivity contribution in [2.75, 3.05) is 11.7 Å². The van der Waals surface area contributed by atoms with Gasteiger partial charge >= 0.3 is 0 Å². The monoisotopic (exact) mass is 383 g/mol. The summed E-state index contributed by atoms with van der Waals surface area (Å²) < 4.78 is 10.7. The number of fused-ring (bicyclic) bond motifs is 2. The Bertz CT molecular complexity index is 1140. The summed E-state index contributed by atoms with van der Waals surface area (Å²) in [7, 11) is 0. The number of anilines is 1. The molecule has 6 nitrogen and oxygen atoms in total. The van der Waals surface area contributed by atoms with Crippen molar-refractivity contribution in [2.24, 2.45) is 10.2 Å². The van der Waals surface area contributed by atoms with Gasteiger partial charge in [0.2, 0.25) is 6.79 Å². The van der Waals surface area contributed by atoms with Gasteiger partial charge < -0.3 is 14.4 Å². The van der Waals surface area contributed by atoms with Crippen LogP contribution in [0.25, 0.3) is 0 Å². The van der Waals surface area contributed by atoms with Crippen molar-refractivity contribution in [3.05, 3.63) is 89.5 Å². The minimum atomic E-state index is -0.155. The number of amides is 1. The second-order valence-electron chi connectivity index (χ2n) is 6.70. The second-order valence-corrected chi connectivity index (χ2v) is 6.70. The lowest BCUT2D eigenvalue weighted by atomic mass is 10.1. The molecule has 0 atom stereocenters. The van der Waals surface area contributed by atoms with Crippen LogP contribution in [0.1, 0.15) is 16.7 Å². The molecule has 0 spiro atoms. The van der Waals surface area contributed by atoms with Crippen LogP contribution in [0, 0.1) is 0 Å². The van der Waals surface area contributed by atoms with E-state index >= 15 is 0 Å². The van der Waals surface area contributed by atoms with Crippen LogP contribution in [0.4, 0.5) is 5.69 Å². The number of rotatable bonds is 4. The molecule has 3 aromatic rings. The molecule has 0 fully saturated rings. The van der Waals surface area contributed by atoms with E-state index in [1.165, 1.54) is 0 Å². The number of para-hydroxylation sites is 1. The van der Waals surface area contributed by atoms with Gasteiger partial charge in [-0.1, -0.05) is 48.5 Å². The maximum absolute atomic E-state index is 13.0. The van der Waals surface area contributed by atoms with Crippen molar-refractivity contribution >= 4 is 23.5 Å². The summed E-state index contributed by atoms with van der Waals surface area (Å²) in [6, 6.07) is 23.1. The van der Waals surface area contributed by atoms with E-state index in [1.807, 2.05) is 72.8 Å². The van der Waals surface area contributed by atoms with E-state index in [1.54, 1.807) is 11.1 Å². The predicted molar refractivity (Wildman–Crippen MR) is 111 cm³/mol. The topological polar surface area (TPSA) is 63.5 Å². The molecule has 3 aromatic carbocycles. The van der Waals surface area contributed by atoms with Gasteiger partial charge in [0.1, 0.15) is 0 Å². The largest absolute Gasteiger partial charge is 0.454 e. The Morgan fingerprint density at radius 2 is 1.72 bits per heavy atom.